The third-order valence-corrected chi connectivity index (χ3v) is 9.78. The second kappa shape index (κ2) is 8.75. The summed E-state index contributed by atoms with van der Waals surface area (Å²) in [5, 5.41) is 10.5. The first-order chi connectivity index (χ1) is 15.5. The molecule has 0 aromatic heterocycles. The number of nitrogens with one attached hydrogen (secondary N) is 1. The van der Waals surface area contributed by atoms with Crippen LogP contribution in [0, 0.1) is 32.9 Å². The van der Waals surface area contributed by atoms with Crippen molar-refractivity contribution in [3.05, 3.63) is 68.6 Å². The number of hydrogen-bond donors (Lipinski definition) is 2. The Kier molecular flexibility index (Phi) is 6.29. The average Bonchev–Trinajstić information content (AvgIpc) is 3.30. The molecule has 2 saturated carbocycles. The van der Waals surface area contributed by atoms with Crippen LogP contribution in [0.4, 0.5) is 18.9 Å². The summed E-state index contributed by atoms with van der Waals surface area (Å²) in [4.78, 5) is 23.7. The highest BCUT2D eigenvalue weighted by Crippen LogP contribution is 2.52. The van der Waals surface area contributed by atoms with Crippen molar-refractivity contribution in [3.8, 4) is 0 Å². The van der Waals surface area contributed by atoms with E-state index in [0.29, 0.717) is 40.5 Å². The summed E-state index contributed by atoms with van der Waals surface area (Å²) in [6.07, 6.45) is 2.73. The zero-order chi connectivity index (χ0) is 24.1. The van der Waals surface area contributed by atoms with Crippen LogP contribution < -0.4 is 5.32 Å². The number of amides is 1. The third kappa shape index (κ3) is 4.39. The molecule has 2 aliphatic carbocycles. The summed E-state index contributed by atoms with van der Waals surface area (Å²) in [6.45, 7) is 0. The normalized spacial score (nSPS) is 23.2. The zero-order valence-corrected chi connectivity index (χ0v) is 19.8. The van der Waals surface area contributed by atoms with E-state index in [1.807, 2.05) is 22.6 Å². The van der Waals surface area contributed by atoms with E-state index >= 15 is 0 Å². The van der Waals surface area contributed by atoms with Gasteiger partial charge in [0.15, 0.2) is 27.3 Å². The second-order valence-electron chi connectivity index (χ2n) is 8.07. The third-order valence-electron chi connectivity index (χ3n) is 6.09. The highest BCUT2D eigenvalue weighted by molar-refractivity contribution is 14.1. The van der Waals surface area contributed by atoms with Crippen molar-refractivity contribution in [1.29, 1.82) is 0 Å². The van der Waals surface area contributed by atoms with E-state index in [-0.39, 0.29) is 22.1 Å². The van der Waals surface area contributed by atoms with Crippen LogP contribution in [0.1, 0.15) is 29.6 Å². The van der Waals surface area contributed by atoms with Gasteiger partial charge in [0.1, 0.15) is 0 Å². The number of carboxylic acid groups (broad SMARTS) is 1. The first-order valence-electron chi connectivity index (χ1n) is 9.91. The van der Waals surface area contributed by atoms with E-state index < -0.39 is 50.3 Å². The number of carbonyl (C=O) groups excluding carboxylic acids is 1. The minimum absolute atomic E-state index is 0.0641. The fourth-order valence-corrected chi connectivity index (χ4v) is 8.42. The predicted molar refractivity (Wildman–Crippen MR) is 121 cm³/mol. The predicted octanol–water partition coefficient (Wildman–Crippen LogP) is 4.54. The van der Waals surface area contributed by atoms with Crippen molar-refractivity contribution < 1.29 is 36.3 Å². The van der Waals surface area contributed by atoms with Crippen LogP contribution in [-0.2, 0) is 14.6 Å². The maximum Gasteiger partial charge on any atom is 0.328 e. The average molecular weight is 591 g/mol. The Hall–Kier alpha value is -2.41. The molecule has 0 saturated heterocycles. The van der Waals surface area contributed by atoms with Crippen LogP contribution in [0.15, 0.2) is 46.9 Å². The fraction of sp³-hybridized carbons (Fsp3) is 0.273. The van der Waals surface area contributed by atoms with Crippen LogP contribution in [-0.4, -0.2) is 30.7 Å². The molecule has 174 valence electrons. The maximum absolute atomic E-state index is 13.6. The first kappa shape index (κ1) is 23.7. The molecule has 2 aliphatic rings. The Bertz CT molecular complexity index is 1290. The molecule has 3 atom stereocenters. The van der Waals surface area contributed by atoms with Crippen LogP contribution in [0.5, 0.6) is 0 Å². The molecule has 4 rings (SSSR count). The van der Waals surface area contributed by atoms with Crippen LogP contribution in [0.2, 0.25) is 0 Å². The molecule has 2 aromatic rings. The van der Waals surface area contributed by atoms with Crippen molar-refractivity contribution in [3.63, 3.8) is 0 Å². The molecule has 1 amide bonds. The summed E-state index contributed by atoms with van der Waals surface area (Å²) in [7, 11) is -3.91. The van der Waals surface area contributed by atoms with Gasteiger partial charge in [-0.05, 0) is 71.9 Å². The molecular formula is C22H17F3INO5S. The van der Waals surface area contributed by atoms with Gasteiger partial charge < -0.3 is 10.4 Å². The largest absolute Gasteiger partial charge is 0.478 e. The molecule has 2 bridgehead atoms. The number of carbonyl (C=O) groups is 2. The van der Waals surface area contributed by atoms with Gasteiger partial charge in [-0.1, -0.05) is 5.57 Å². The molecule has 33 heavy (non-hydrogen) atoms. The Morgan fingerprint density at radius 3 is 2.39 bits per heavy atom. The molecule has 0 aliphatic heterocycles. The lowest BCUT2D eigenvalue weighted by atomic mass is 9.95. The van der Waals surface area contributed by atoms with Crippen LogP contribution in [0.25, 0.3) is 0 Å². The number of fused-ring (bicyclic) bond motifs is 2. The second-order valence-corrected chi connectivity index (χ2v) is 11.3. The maximum atomic E-state index is 13.6. The van der Waals surface area contributed by atoms with Gasteiger partial charge in [-0.15, -0.1) is 0 Å². The molecule has 2 N–H and O–H groups in total. The molecular weight excluding hydrogens is 574 g/mol. The van der Waals surface area contributed by atoms with E-state index in [1.165, 1.54) is 18.2 Å². The first-order valence-corrected chi connectivity index (χ1v) is 12.5. The monoisotopic (exact) mass is 591 g/mol. The lowest BCUT2D eigenvalue weighted by Crippen LogP contribution is -2.27. The lowest BCUT2D eigenvalue weighted by Gasteiger charge is -2.18. The molecule has 0 radical (unpaired) electrons. The highest BCUT2D eigenvalue weighted by Gasteiger charge is 2.52. The standard InChI is InChI=1S/C22H17F3INO5S/c23-15-8-13(9-16(24)20(15)25)27-22(30)11-2-4-17(26)18(6-11)33(31,32)21-10-1-3-14(21)12(5-10)7-19(28)29/h2,4,6-10,14,21H,1,3,5H2,(H,27,30)(H,28,29)/b12-7+/t10?,14?,21-/m1/s1. The zero-order valence-electron chi connectivity index (χ0n) is 16.8. The summed E-state index contributed by atoms with van der Waals surface area (Å²) in [5.74, 6) is -7.15. The number of carboxylic acids is 1. The van der Waals surface area contributed by atoms with Gasteiger partial charge >= 0.3 is 5.97 Å². The van der Waals surface area contributed by atoms with Crippen molar-refractivity contribution in [2.24, 2.45) is 11.8 Å². The smallest absolute Gasteiger partial charge is 0.328 e. The van der Waals surface area contributed by atoms with Crippen molar-refractivity contribution in [2.75, 3.05) is 5.32 Å². The number of aliphatic carboxylic acids is 1. The number of allylic oxidation sites excluding steroid dienone is 1. The molecule has 11 heteroatoms. The Labute approximate surface area is 200 Å². The van der Waals surface area contributed by atoms with Crippen molar-refractivity contribution >= 4 is 50.0 Å². The van der Waals surface area contributed by atoms with Gasteiger partial charge in [0.25, 0.3) is 5.91 Å². The van der Waals surface area contributed by atoms with Crippen molar-refractivity contribution in [2.45, 2.75) is 29.4 Å². The summed E-state index contributed by atoms with van der Waals surface area (Å²) in [6, 6.07) is 5.24. The number of anilines is 1. The van der Waals surface area contributed by atoms with E-state index in [2.05, 4.69) is 5.32 Å². The number of halogens is 4. The van der Waals surface area contributed by atoms with Gasteiger partial charge in [0.05, 0.1) is 10.1 Å². The van der Waals surface area contributed by atoms with Gasteiger partial charge in [-0.25, -0.2) is 26.4 Å². The minimum Gasteiger partial charge on any atom is -0.478 e. The fourth-order valence-electron chi connectivity index (χ4n) is 4.75. The SMILES string of the molecule is O=C(O)/C=C1\CC2CCC1[C@@H]2S(=O)(=O)c1cc(C(=O)Nc2cc(F)c(F)c(F)c2)ccc1I. The summed E-state index contributed by atoms with van der Waals surface area (Å²) < 4.78 is 67.5. The number of sulfone groups is 1. The van der Waals surface area contributed by atoms with Crippen molar-refractivity contribution in [1.82, 2.24) is 0 Å². The van der Waals surface area contributed by atoms with E-state index in [0.717, 1.165) is 6.08 Å². The Morgan fingerprint density at radius 1 is 1.09 bits per heavy atom. The molecule has 2 fully saturated rings. The lowest BCUT2D eigenvalue weighted by molar-refractivity contribution is -0.131. The quantitative estimate of drug-likeness (QED) is 0.302. The van der Waals surface area contributed by atoms with E-state index in [9.17, 15) is 31.2 Å². The number of hydrogen-bond acceptors (Lipinski definition) is 4. The summed E-state index contributed by atoms with van der Waals surface area (Å²) in [5.41, 5.74) is 0.221. The Morgan fingerprint density at radius 2 is 1.76 bits per heavy atom. The van der Waals surface area contributed by atoms with Gasteiger partial charge in [-0.2, -0.15) is 0 Å². The highest BCUT2D eigenvalue weighted by atomic mass is 127. The molecule has 2 unspecified atom stereocenters. The minimum atomic E-state index is -3.91. The van der Waals surface area contributed by atoms with Gasteiger partial charge in [0.2, 0.25) is 0 Å². The van der Waals surface area contributed by atoms with Gasteiger partial charge in [0, 0.05) is 33.0 Å². The van der Waals surface area contributed by atoms with E-state index in [4.69, 9.17) is 5.11 Å². The summed E-state index contributed by atoms with van der Waals surface area (Å²) >= 11 is 1.85. The molecule has 6 nitrogen and oxygen atoms in total. The topological polar surface area (TPSA) is 101 Å². The molecule has 0 heterocycles. The number of rotatable bonds is 5. The van der Waals surface area contributed by atoms with Crippen LogP contribution >= 0.6 is 22.6 Å². The van der Waals surface area contributed by atoms with E-state index in [1.54, 1.807) is 0 Å². The molecule has 2 aromatic carbocycles. The molecule has 0 spiro atoms. The van der Waals surface area contributed by atoms with Gasteiger partial charge in [-0.3, -0.25) is 4.79 Å². The van der Waals surface area contributed by atoms with Crippen LogP contribution in [0.3, 0.4) is 0 Å². The number of benzene rings is 2. The Balaban J connectivity index is 1.65.